The predicted octanol–water partition coefficient (Wildman–Crippen LogP) is 1.11. The first kappa shape index (κ1) is 15.6. The fourth-order valence-corrected chi connectivity index (χ4v) is 3.43. The summed E-state index contributed by atoms with van der Waals surface area (Å²) in [5, 5.41) is 11.7. The van der Waals surface area contributed by atoms with Crippen molar-refractivity contribution in [3.63, 3.8) is 0 Å². The van der Waals surface area contributed by atoms with E-state index in [1.165, 1.54) is 12.3 Å². The molecule has 2 amide bonds. The number of nitrogens with one attached hydrogen (secondary N) is 1. The number of furan rings is 1. The van der Waals surface area contributed by atoms with E-state index in [2.05, 4.69) is 5.32 Å². The average molecular weight is 320 g/mol. The van der Waals surface area contributed by atoms with E-state index < -0.39 is 17.9 Å². The van der Waals surface area contributed by atoms with Crippen LogP contribution in [0.3, 0.4) is 0 Å². The molecule has 1 aliphatic heterocycles. The first-order valence-corrected chi connectivity index (χ1v) is 7.79. The van der Waals surface area contributed by atoms with Gasteiger partial charge in [-0.3, -0.25) is 14.4 Å². The van der Waals surface area contributed by atoms with Gasteiger partial charge in [0.25, 0.3) is 5.91 Å². The minimum atomic E-state index is -0.733. The molecule has 2 aliphatic rings. The standard InChI is InChI=1S/C16H20N2O5/c1-10(17-13(19)12-3-2-8-23-12)14(20)18-6-4-16(5-7-18)9-11(16)15(21)22/h2-3,8,10-11H,4-7,9H2,1H3,(H,17,19)(H,21,22). The van der Waals surface area contributed by atoms with E-state index in [1.54, 1.807) is 17.9 Å². The van der Waals surface area contributed by atoms with Gasteiger partial charge in [0.05, 0.1) is 12.2 Å². The molecule has 2 heterocycles. The molecule has 1 aromatic heterocycles. The van der Waals surface area contributed by atoms with Crippen molar-refractivity contribution in [3.8, 4) is 0 Å². The van der Waals surface area contributed by atoms with E-state index >= 15 is 0 Å². The normalized spacial score (nSPS) is 23.3. The lowest BCUT2D eigenvalue weighted by Crippen LogP contribution is -2.49. The maximum Gasteiger partial charge on any atom is 0.307 e. The molecular weight excluding hydrogens is 300 g/mol. The molecule has 2 fully saturated rings. The van der Waals surface area contributed by atoms with Gasteiger partial charge in [0.2, 0.25) is 5.91 Å². The fraction of sp³-hybridized carbons (Fsp3) is 0.562. The molecule has 2 atom stereocenters. The SMILES string of the molecule is CC(NC(=O)c1ccco1)C(=O)N1CCC2(CC1)CC2C(=O)O. The molecule has 1 aliphatic carbocycles. The molecule has 0 bridgehead atoms. The minimum absolute atomic E-state index is 0.108. The lowest BCUT2D eigenvalue weighted by molar-refractivity contribution is -0.140. The fourth-order valence-electron chi connectivity index (χ4n) is 3.43. The maximum atomic E-state index is 12.4. The van der Waals surface area contributed by atoms with E-state index in [1.807, 2.05) is 0 Å². The van der Waals surface area contributed by atoms with Gasteiger partial charge >= 0.3 is 5.97 Å². The largest absolute Gasteiger partial charge is 0.481 e. The third kappa shape index (κ3) is 2.95. The van der Waals surface area contributed by atoms with Crippen LogP contribution in [-0.2, 0) is 9.59 Å². The Morgan fingerprint density at radius 1 is 1.39 bits per heavy atom. The van der Waals surface area contributed by atoms with Gasteiger partial charge in [-0.05, 0) is 43.7 Å². The van der Waals surface area contributed by atoms with Gasteiger partial charge in [0.1, 0.15) is 6.04 Å². The molecule has 1 spiro atoms. The summed E-state index contributed by atoms with van der Waals surface area (Å²) in [6.45, 7) is 2.73. The Labute approximate surface area is 133 Å². The zero-order chi connectivity index (χ0) is 16.6. The highest BCUT2D eigenvalue weighted by Gasteiger charge is 2.59. The van der Waals surface area contributed by atoms with E-state index in [0.29, 0.717) is 25.9 Å². The van der Waals surface area contributed by atoms with E-state index in [0.717, 1.165) is 6.42 Å². The molecule has 7 heteroatoms. The van der Waals surface area contributed by atoms with Crippen molar-refractivity contribution in [1.82, 2.24) is 10.2 Å². The lowest BCUT2D eigenvalue weighted by atomic mass is 9.90. The summed E-state index contributed by atoms with van der Waals surface area (Å²) in [5.74, 6) is -1.38. The van der Waals surface area contributed by atoms with Gasteiger partial charge in [0.15, 0.2) is 5.76 Å². The zero-order valence-electron chi connectivity index (χ0n) is 12.9. The van der Waals surface area contributed by atoms with Crippen LogP contribution in [0.2, 0.25) is 0 Å². The molecule has 124 valence electrons. The molecule has 1 saturated heterocycles. The lowest BCUT2D eigenvalue weighted by Gasteiger charge is -2.34. The number of carboxylic acid groups (broad SMARTS) is 1. The minimum Gasteiger partial charge on any atom is -0.481 e. The summed E-state index contributed by atoms with van der Waals surface area (Å²) in [6, 6.07) is 2.51. The number of rotatable bonds is 4. The number of hydrogen-bond donors (Lipinski definition) is 2. The number of aliphatic carboxylic acids is 1. The molecule has 1 saturated carbocycles. The quantitative estimate of drug-likeness (QED) is 0.865. The number of carbonyl (C=O) groups is 3. The first-order valence-electron chi connectivity index (χ1n) is 7.79. The maximum absolute atomic E-state index is 12.4. The highest BCUT2D eigenvalue weighted by molar-refractivity contribution is 5.95. The Kier molecular flexibility index (Phi) is 3.87. The van der Waals surface area contributed by atoms with Gasteiger partial charge in [-0.2, -0.15) is 0 Å². The van der Waals surface area contributed by atoms with Crippen LogP contribution in [0.4, 0.5) is 0 Å². The summed E-state index contributed by atoms with van der Waals surface area (Å²) in [6.07, 6.45) is 3.55. The van der Waals surface area contributed by atoms with Crippen LogP contribution < -0.4 is 5.32 Å². The smallest absolute Gasteiger partial charge is 0.307 e. The van der Waals surface area contributed by atoms with E-state index in [4.69, 9.17) is 9.52 Å². The number of nitrogens with zero attached hydrogens (tertiary/aromatic N) is 1. The van der Waals surface area contributed by atoms with Gasteiger partial charge in [0, 0.05) is 13.1 Å². The van der Waals surface area contributed by atoms with E-state index in [-0.39, 0.29) is 23.0 Å². The molecule has 0 aromatic carbocycles. The number of likely N-dealkylation sites (tertiary alicyclic amines) is 1. The average Bonchev–Trinajstić information content (AvgIpc) is 2.98. The van der Waals surface area contributed by atoms with Crippen LogP contribution in [0.25, 0.3) is 0 Å². The second-order valence-corrected chi connectivity index (χ2v) is 6.46. The van der Waals surface area contributed by atoms with Crippen LogP contribution in [0.5, 0.6) is 0 Å². The Morgan fingerprint density at radius 3 is 2.61 bits per heavy atom. The highest BCUT2D eigenvalue weighted by atomic mass is 16.4. The second kappa shape index (κ2) is 5.72. The Morgan fingerprint density at radius 2 is 2.09 bits per heavy atom. The summed E-state index contributed by atoms with van der Waals surface area (Å²) in [7, 11) is 0. The third-order valence-corrected chi connectivity index (χ3v) is 5.02. The molecule has 0 radical (unpaired) electrons. The van der Waals surface area contributed by atoms with Gasteiger partial charge in [-0.15, -0.1) is 0 Å². The Bertz CT molecular complexity index is 616. The highest BCUT2D eigenvalue weighted by Crippen LogP contribution is 2.59. The topological polar surface area (TPSA) is 99.9 Å². The number of piperidine rings is 1. The van der Waals surface area contributed by atoms with Crippen LogP contribution in [0.1, 0.15) is 36.7 Å². The molecular formula is C16H20N2O5. The molecule has 23 heavy (non-hydrogen) atoms. The summed E-state index contributed by atoms with van der Waals surface area (Å²) in [4.78, 5) is 37.1. The molecule has 3 rings (SSSR count). The molecule has 7 nitrogen and oxygen atoms in total. The number of amides is 2. The van der Waals surface area contributed by atoms with Crippen LogP contribution in [0.15, 0.2) is 22.8 Å². The van der Waals surface area contributed by atoms with Crippen molar-refractivity contribution >= 4 is 17.8 Å². The zero-order valence-corrected chi connectivity index (χ0v) is 12.9. The summed E-state index contributed by atoms with van der Waals surface area (Å²) >= 11 is 0. The summed E-state index contributed by atoms with van der Waals surface area (Å²) < 4.78 is 5.00. The van der Waals surface area contributed by atoms with Crippen molar-refractivity contribution in [1.29, 1.82) is 0 Å². The predicted molar refractivity (Wildman–Crippen MR) is 79.6 cm³/mol. The van der Waals surface area contributed by atoms with Gasteiger partial charge < -0.3 is 19.7 Å². The van der Waals surface area contributed by atoms with Crippen LogP contribution in [0, 0.1) is 11.3 Å². The van der Waals surface area contributed by atoms with Crippen molar-refractivity contribution in [3.05, 3.63) is 24.2 Å². The third-order valence-electron chi connectivity index (χ3n) is 5.02. The monoisotopic (exact) mass is 320 g/mol. The van der Waals surface area contributed by atoms with Crippen molar-refractivity contribution in [2.24, 2.45) is 11.3 Å². The van der Waals surface area contributed by atoms with Crippen molar-refractivity contribution < 1.29 is 23.9 Å². The molecule has 2 unspecified atom stereocenters. The van der Waals surface area contributed by atoms with Gasteiger partial charge in [-0.25, -0.2) is 0 Å². The van der Waals surface area contributed by atoms with Crippen LogP contribution >= 0.6 is 0 Å². The van der Waals surface area contributed by atoms with Crippen molar-refractivity contribution in [2.75, 3.05) is 13.1 Å². The van der Waals surface area contributed by atoms with Crippen LogP contribution in [-0.4, -0.2) is 46.9 Å². The summed E-state index contributed by atoms with van der Waals surface area (Å²) in [5.41, 5.74) is -0.108. The molecule has 2 N–H and O–H groups in total. The first-order chi connectivity index (χ1) is 10.9. The van der Waals surface area contributed by atoms with Gasteiger partial charge in [-0.1, -0.05) is 0 Å². The van der Waals surface area contributed by atoms with Crippen molar-refractivity contribution in [2.45, 2.75) is 32.2 Å². The number of hydrogen-bond acceptors (Lipinski definition) is 4. The Balaban J connectivity index is 1.51. The van der Waals surface area contributed by atoms with E-state index in [9.17, 15) is 14.4 Å². The molecule has 1 aromatic rings. The number of carbonyl (C=O) groups excluding carboxylic acids is 2. The second-order valence-electron chi connectivity index (χ2n) is 6.46. The number of carboxylic acids is 1. The Hall–Kier alpha value is -2.31.